The van der Waals surface area contributed by atoms with Crippen LogP contribution in [0.25, 0.3) is 5.69 Å². The Labute approximate surface area is 165 Å². The predicted molar refractivity (Wildman–Crippen MR) is 108 cm³/mol. The summed E-state index contributed by atoms with van der Waals surface area (Å²) in [4.78, 5) is 15.2. The average Bonchev–Trinajstić information content (AvgIpc) is 3.40. The molecule has 1 aliphatic heterocycles. The Morgan fingerprint density at radius 3 is 2.64 bits per heavy atom. The van der Waals surface area contributed by atoms with E-state index in [1.807, 2.05) is 55.5 Å². The fraction of sp³-hybridized carbons (Fsp3) is 0.364. The molecule has 1 saturated heterocycles. The van der Waals surface area contributed by atoms with Gasteiger partial charge in [0.1, 0.15) is 5.76 Å². The Morgan fingerprint density at radius 2 is 1.93 bits per heavy atom. The van der Waals surface area contributed by atoms with Crippen LogP contribution < -0.4 is 5.32 Å². The van der Waals surface area contributed by atoms with Crippen LogP contribution in [0.4, 0.5) is 0 Å². The van der Waals surface area contributed by atoms with Crippen molar-refractivity contribution in [1.29, 1.82) is 0 Å². The first kappa shape index (κ1) is 18.5. The van der Waals surface area contributed by atoms with Crippen molar-refractivity contribution in [2.45, 2.75) is 32.2 Å². The van der Waals surface area contributed by atoms with Gasteiger partial charge in [0.05, 0.1) is 18.0 Å². The zero-order chi connectivity index (χ0) is 19.3. The number of hydrogen-bond acceptors (Lipinski definition) is 4. The molecule has 0 saturated carbocycles. The van der Waals surface area contributed by atoms with Gasteiger partial charge in [-0.25, -0.2) is 4.68 Å². The fourth-order valence-electron chi connectivity index (χ4n) is 3.82. The number of aromatic nitrogens is 2. The number of carbonyl (C=O) groups excluding carboxylic acids is 1. The number of piperidine rings is 1. The first-order chi connectivity index (χ1) is 13.7. The molecule has 3 aromatic rings. The molecular weight excluding hydrogens is 352 g/mol. The minimum Gasteiger partial charge on any atom is -0.468 e. The van der Waals surface area contributed by atoms with Crippen LogP contribution in [-0.4, -0.2) is 40.2 Å². The number of furan rings is 1. The second kappa shape index (κ2) is 8.44. The largest absolute Gasteiger partial charge is 0.468 e. The van der Waals surface area contributed by atoms with Crippen molar-refractivity contribution >= 4 is 5.91 Å². The number of benzene rings is 1. The number of aryl methyl sites for hydroxylation is 1. The van der Waals surface area contributed by atoms with Crippen LogP contribution in [0, 0.1) is 6.92 Å². The van der Waals surface area contributed by atoms with Crippen molar-refractivity contribution in [3.05, 3.63) is 71.9 Å². The Bertz CT molecular complexity index is 896. The molecule has 0 radical (unpaired) electrons. The van der Waals surface area contributed by atoms with E-state index in [1.54, 1.807) is 10.9 Å². The molecule has 1 aliphatic rings. The third-order valence-corrected chi connectivity index (χ3v) is 5.28. The monoisotopic (exact) mass is 378 g/mol. The molecule has 1 aromatic carbocycles. The summed E-state index contributed by atoms with van der Waals surface area (Å²) in [6.45, 7) is 4.52. The van der Waals surface area contributed by atoms with E-state index in [9.17, 15) is 4.79 Å². The number of para-hydroxylation sites is 1. The summed E-state index contributed by atoms with van der Waals surface area (Å²) in [5.41, 5.74) is 2.30. The van der Waals surface area contributed by atoms with Crippen LogP contribution in [0.3, 0.4) is 0 Å². The quantitative estimate of drug-likeness (QED) is 0.710. The highest BCUT2D eigenvalue weighted by molar-refractivity contribution is 5.92. The lowest BCUT2D eigenvalue weighted by molar-refractivity contribution is 0.0909. The standard InChI is InChI=1S/C22H26N4O2/c1-17-15-19(24-26(17)18-9-4-2-5-10-18)22(27)23-16-20(21-11-8-14-28-21)25-12-6-3-7-13-25/h2,4-5,8-11,14-15,20H,3,6-7,12-13,16H2,1H3,(H,23,27). The van der Waals surface area contributed by atoms with Crippen LogP contribution in [-0.2, 0) is 0 Å². The Kier molecular flexibility index (Phi) is 5.58. The van der Waals surface area contributed by atoms with Gasteiger partial charge in [-0.05, 0) is 63.2 Å². The van der Waals surface area contributed by atoms with E-state index in [0.29, 0.717) is 12.2 Å². The van der Waals surface area contributed by atoms with Crippen molar-refractivity contribution in [2.75, 3.05) is 19.6 Å². The molecule has 3 heterocycles. The maximum absolute atomic E-state index is 12.8. The van der Waals surface area contributed by atoms with Crippen molar-refractivity contribution in [2.24, 2.45) is 0 Å². The number of likely N-dealkylation sites (tertiary alicyclic amines) is 1. The van der Waals surface area contributed by atoms with E-state index in [-0.39, 0.29) is 11.9 Å². The van der Waals surface area contributed by atoms with E-state index in [0.717, 1.165) is 30.2 Å². The van der Waals surface area contributed by atoms with Crippen molar-refractivity contribution < 1.29 is 9.21 Å². The number of hydrogen-bond donors (Lipinski definition) is 1. The smallest absolute Gasteiger partial charge is 0.271 e. The zero-order valence-electron chi connectivity index (χ0n) is 16.2. The molecule has 28 heavy (non-hydrogen) atoms. The molecule has 6 nitrogen and oxygen atoms in total. The molecular formula is C22H26N4O2. The van der Waals surface area contributed by atoms with Gasteiger partial charge in [0.25, 0.3) is 5.91 Å². The van der Waals surface area contributed by atoms with Crippen LogP contribution in [0.2, 0.25) is 0 Å². The topological polar surface area (TPSA) is 63.3 Å². The summed E-state index contributed by atoms with van der Waals surface area (Å²) >= 11 is 0. The van der Waals surface area contributed by atoms with Gasteiger partial charge in [0, 0.05) is 12.2 Å². The Hall–Kier alpha value is -2.86. The van der Waals surface area contributed by atoms with Gasteiger partial charge in [-0.15, -0.1) is 0 Å². The lowest BCUT2D eigenvalue weighted by atomic mass is 10.1. The van der Waals surface area contributed by atoms with Crippen LogP contribution in [0.5, 0.6) is 0 Å². The lowest BCUT2D eigenvalue weighted by Gasteiger charge is -2.33. The highest BCUT2D eigenvalue weighted by Gasteiger charge is 2.25. The van der Waals surface area contributed by atoms with Crippen molar-refractivity contribution in [1.82, 2.24) is 20.0 Å². The zero-order valence-corrected chi connectivity index (χ0v) is 16.2. The second-order valence-corrected chi connectivity index (χ2v) is 7.26. The second-order valence-electron chi connectivity index (χ2n) is 7.26. The van der Waals surface area contributed by atoms with Crippen LogP contribution in [0.1, 0.15) is 47.2 Å². The van der Waals surface area contributed by atoms with Crippen molar-refractivity contribution in [3.63, 3.8) is 0 Å². The van der Waals surface area contributed by atoms with Crippen LogP contribution in [0.15, 0.2) is 59.2 Å². The molecule has 6 heteroatoms. The minimum atomic E-state index is -0.161. The third-order valence-electron chi connectivity index (χ3n) is 5.28. The summed E-state index contributed by atoms with van der Waals surface area (Å²) in [6.07, 6.45) is 5.33. The number of carbonyl (C=O) groups is 1. The van der Waals surface area contributed by atoms with Gasteiger partial charge in [-0.1, -0.05) is 24.6 Å². The van der Waals surface area contributed by atoms with Gasteiger partial charge in [-0.2, -0.15) is 5.10 Å². The number of nitrogens with one attached hydrogen (secondary N) is 1. The first-order valence-corrected chi connectivity index (χ1v) is 9.90. The summed E-state index contributed by atoms with van der Waals surface area (Å²) in [5, 5.41) is 7.56. The molecule has 2 aromatic heterocycles. The maximum atomic E-state index is 12.8. The fourth-order valence-corrected chi connectivity index (χ4v) is 3.82. The number of nitrogens with zero attached hydrogens (tertiary/aromatic N) is 3. The number of amides is 1. The Balaban J connectivity index is 1.47. The normalized spacial score (nSPS) is 16.0. The minimum absolute atomic E-state index is 0.0524. The van der Waals surface area contributed by atoms with Gasteiger partial charge < -0.3 is 9.73 Å². The summed E-state index contributed by atoms with van der Waals surface area (Å²) in [7, 11) is 0. The van der Waals surface area contributed by atoms with E-state index < -0.39 is 0 Å². The van der Waals surface area contributed by atoms with E-state index >= 15 is 0 Å². The SMILES string of the molecule is Cc1cc(C(=O)NCC(c2ccco2)N2CCCCC2)nn1-c1ccccc1. The summed E-state index contributed by atoms with van der Waals surface area (Å²) in [6, 6.07) is 15.6. The predicted octanol–water partition coefficient (Wildman–Crippen LogP) is 3.73. The van der Waals surface area contributed by atoms with E-state index in [4.69, 9.17) is 4.42 Å². The van der Waals surface area contributed by atoms with Crippen LogP contribution >= 0.6 is 0 Å². The summed E-state index contributed by atoms with van der Waals surface area (Å²) in [5.74, 6) is 0.736. The molecule has 1 unspecified atom stereocenters. The van der Waals surface area contributed by atoms with Gasteiger partial charge in [0.15, 0.2) is 5.69 Å². The number of rotatable bonds is 6. The average molecular weight is 378 g/mol. The highest BCUT2D eigenvalue weighted by Crippen LogP contribution is 2.24. The first-order valence-electron chi connectivity index (χ1n) is 9.90. The molecule has 146 valence electrons. The summed E-state index contributed by atoms with van der Waals surface area (Å²) < 4.78 is 7.45. The molecule has 0 aliphatic carbocycles. The third kappa shape index (κ3) is 4.02. The maximum Gasteiger partial charge on any atom is 0.271 e. The Morgan fingerprint density at radius 1 is 1.14 bits per heavy atom. The van der Waals surface area contributed by atoms with Gasteiger partial charge in [0.2, 0.25) is 0 Å². The highest BCUT2D eigenvalue weighted by atomic mass is 16.3. The molecule has 1 fully saturated rings. The van der Waals surface area contributed by atoms with Crippen molar-refractivity contribution in [3.8, 4) is 5.69 Å². The van der Waals surface area contributed by atoms with E-state index in [2.05, 4.69) is 15.3 Å². The molecule has 0 bridgehead atoms. The molecule has 4 rings (SSSR count). The molecule has 1 atom stereocenters. The van der Waals surface area contributed by atoms with Gasteiger partial charge in [-0.3, -0.25) is 9.69 Å². The lowest BCUT2D eigenvalue weighted by Crippen LogP contribution is -2.40. The molecule has 1 amide bonds. The van der Waals surface area contributed by atoms with Gasteiger partial charge >= 0.3 is 0 Å². The van der Waals surface area contributed by atoms with E-state index in [1.165, 1.54) is 19.3 Å². The molecule has 0 spiro atoms. The molecule has 1 N–H and O–H groups in total.